The molecule has 0 spiro atoms. The molecule has 0 fully saturated rings. The van der Waals surface area contributed by atoms with Gasteiger partial charge in [-0.1, -0.05) is 13.0 Å². The van der Waals surface area contributed by atoms with Crippen LogP contribution in [0.15, 0.2) is 18.2 Å². The molecule has 1 aromatic carbocycles. The lowest BCUT2D eigenvalue weighted by molar-refractivity contribution is -0.385. The number of hydrogen-bond acceptors (Lipinski definition) is 5. The molecule has 0 bridgehead atoms. The lowest BCUT2D eigenvalue weighted by Crippen LogP contribution is -2.53. The van der Waals surface area contributed by atoms with Gasteiger partial charge < -0.3 is 15.5 Å². The van der Waals surface area contributed by atoms with E-state index >= 15 is 0 Å². The van der Waals surface area contributed by atoms with E-state index in [-0.39, 0.29) is 11.3 Å². The smallest absolute Gasteiger partial charge is 0.282 e. The van der Waals surface area contributed by atoms with Gasteiger partial charge in [-0.2, -0.15) is 0 Å². The number of aliphatic hydroxyl groups excluding tert-OH is 2. The van der Waals surface area contributed by atoms with Crippen molar-refractivity contribution < 1.29 is 19.9 Å². The fraction of sp³-hybridized carbons (Fsp3) is 0.462. The van der Waals surface area contributed by atoms with E-state index in [1.807, 2.05) is 0 Å². The Balaban J connectivity index is 3.15. The molecule has 0 atom stereocenters. The van der Waals surface area contributed by atoms with Crippen LogP contribution in [0.25, 0.3) is 0 Å². The molecule has 3 N–H and O–H groups in total. The van der Waals surface area contributed by atoms with E-state index in [0.717, 1.165) is 0 Å². The largest absolute Gasteiger partial charge is 0.394 e. The van der Waals surface area contributed by atoms with Crippen LogP contribution in [0.4, 0.5) is 5.69 Å². The van der Waals surface area contributed by atoms with E-state index in [1.54, 1.807) is 19.9 Å². The predicted octanol–water partition coefficient (Wildman–Crippen LogP) is 0.766. The molecule has 0 saturated carbocycles. The maximum absolute atomic E-state index is 12.2. The first kappa shape index (κ1) is 16.1. The fourth-order valence-electron chi connectivity index (χ4n) is 1.74. The van der Waals surface area contributed by atoms with Crippen molar-refractivity contribution >= 4 is 11.6 Å². The number of aliphatic hydroxyl groups is 2. The molecule has 1 amide bonds. The SMILES string of the molecule is CCC(CO)(CO)NC(=O)c1cc(C)ccc1[N+](=O)[O-]. The molecule has 0 aliphatic rings. The van der Waals surface area contributed by atoms with E-state index in [4.69, 9.17) is 0 Å². The Hall–Kier alpha value is -1.99. The maximum atomic E-state index is 12.2. The Labute approximate surface area is 116 Å². The Bertz CT molecular complexity index is 503. The molecule has 0 aliphatic carbocycles. The highest BCUT2D eigenvalue weighted by atomic mass is 16.6. The summed E-state index contributed by atoms with van der Waals surface area (Å²) in [5.74, 6) is -0.689. The first-order valence-corrected chi connectivity index (χ1v) is 6.18. The zero-order valence-corrected chi connectivity index (χ0v) is 11.4. The second-order valence-corrected chi connectivity index (χ2v) is 4.68. The summed E-state index contributed by atoms with van der Waals surface area (Å²) in [4.78, 5) is 22.5. The van der Waals surface area contributed by atoms with Gasteiger partial charge in [0.25, 0.3) is 11.6 Å². The third-order valence-corrected chi connectivity index (χ3v) is 3.25. The zero-order chi connectivity index (χ0) is 15.3. The number of benzene rings is 1. The topological polar surface area (TPSA) is 113 Å². The minimum atomic E-state index is -1.19. The van der Waals surface area contributed by atoms with Crippen molar-refractivity contribution in [1.29, 1.82) is 0 Å². The van der Waals surface area contributed by atoms with E-state index < -0.39 is 29.6 Å². The number of nitro groups is 1. The average Bonchev–Trinajstić information content (AvgIpc) is 2.44. The standard InChI is InChI=1S/C13H18N2O5/c1-3-13(7-16,8-17)14-12(18)10-6-9(2)4-5-11(10)15(19)20/h4-6,16-17H,3,7-8H2,1-2H3,(H,14,18). The van der Waals surface area contributed by atoms with Crippen molar-refractivity contribution in [3.8, 4) is 0 Å². The Morgan fingerprint density at radius 3 is 2.45 bits per heavy atom. The number of carbonyl (C=O) groups excluding carboxylic acids is 1. The molecule has 7 nitrogen and oxygen atoms in total. The van der Waals surface area contributed by atoms with E-state index in [0.29, 0.717) is 12.0 Å². The van der Waals surface area contributed by atoms with Gasteiger partial charge in [0, 0.05) is 6.07 Å². The van der Waals surface area contributed by atoms with E-state index in [9.17, 15) is 25.1 Å². The van der Waals surface area contributed by atoms with Crippen LogP contribution < -0.4 is 5.32 Å². The molecular formula is C13H18N2O5. The van der Waals surface area contributed by atoms with Gasteiger partial charge >= 0.3 is 0 Å². The van der Waals surface area contributed by atoms with Crippen molar-refractivity contribution in [3.63, 3.8) is 0 Å². The van der Waals surface area contributed by atoms with Gasteiger partial charge in [-0.25, -0.2) is 0 Å². The normalized spacial score (nSPS) is 11.2. The first-order valence-electron chi connectivity index (χ1n) is 6.18. The van der Waals surface area contributed by atoms with Crippen LogP contribution in [0.2, 0.25) is 0 Å². The van der Waals surface area contributed by atoms with Crippen LogP contribution in [0.5, 0.6) is 0 Å². The van der Waals surface area contributed by atoms with Gasteiger partial charge in [-0.05, 0) is 25.0 Å². The summed E-state index contributed by atoms with van der Waals surface area (Å²) in [5.41, 5.74) is -0.881. The molecular weight excluding hydrogens is 264 g/mol. The van der Waals surface area contributed by atoms with Crippen LogP contribution in [0.1, 0.15) is 29.3 Å². The zero-order valence-electron chi connectivity index (χ0n) is 11.4. The van der Waals surface area contributed by atoms with E-state index in [2.05, 4.69) is 5.32 Å². The number of amides is 1. The number of rotatable bonds is 6. The second-order valence-electron chi connectivity index (χ2n) is 4.68. The van der Waals surface area contributed by atoms with Crippen molar-refractivity contribution in [2.45, 2.75) is 25.8 Å². The number of nitro benzene ring substituents is 1. The molecule has 0 saturated heterocycles. The molecule has 110 valence electrons. The highest BCUT2D eigenvalue weighted by Gasteiger charge is 2.31. The Morgan fingerprint density at radius 2 is 2.00 bits per heavy atom. The molecule has 0 aromatic heterocycles. The Kier molecular flexibility index (Phi) is 5.18. The molecule has 0 radical (unpaired) electrons. The van der Waals surface area contributed by atoms with Gasteiger partial charge in [0.1, 0.15) is 5.56 Å². The van der Waals surface area contributed by atoms with Crippen LogP contribution in [0.3, 0.4) is 0 Å². The second kappa shape index (κ2) is 6.44. The van der Waals surface area contributed by atoms with Crippen LogP contribution in [-0.2, 0) is 0 Å². The molecule has 7 heteroatoms. The van der Waals surface area contributed by atoms with Gasteiger partial charge in [-0.15, -0.1) is 0 Å². The lowest BCUT2D eigenvalue weighted by Gasteiger charge is -2.29. The van der Waals surface area contributed by atoms with Gasteiger partial charge in [-0.3, -0.25) is 14.9 Å². The minimum absolute atomic E-state index is 0.0882. The third-order valence-electron chi connectivity index (χ3n) is 3.25. The fourth-order valence-corrected chi connectivity index (χ4v) is 1.74. The molecule has 1 aromatic rings. The highest BCUT2D eigenvalue weighted by Crippen LogP contribution is 2.21. The van der Waals surface area contributed by atoms with Crippen molar-refractivity contribution in [1.82, 2.24) is 5.32 Å². The van der Waals surface area contributed by atoms with E-state index in [1.165, 1.54) is 12.1 Å². The lowest BCUT2D eigenvalue weighted by atomic mass is 9.97. The number of nitrogens with zero attached hydrogens (tertiary/aromatic N) is 1. The number of hydrogen-bond donors (Lipinski definition) is 3. The van der Waals surface area contributed by atoms with Crippen molar-refractivity contribution in [3.05, 3.63) is 39.4 Å². The predicted molar refractivity (Wildman–Crippen MR) is 72.5 cm³/mol. The van der Waals surface area contributed by atoms with Crippen LogP contribution in [-0.4, -0.2) is 39.8 Å². The van der Waals surface area contributed by atoms with Crippen LogP contribution in [0, 0.1) is 17.0 Å². The number of nitrogens with one attached hydrogen (secondary N) is 1. The molecule has 0 aliphatic heterocycles. The average molecular weight is 282 g/mol. The minimum Gasteiger partial charge on any atom is -0.394 e. The van der Waals surface area contributed by atoms with Gasteiger partial charge in [0.2, 0.25) is 0 Å². The quantitative estimate of drug-likeness (QED) is 0.527. The number of carbonyl (C=O) groups is 1. The Morgan fingerprint density at radius 1 is 1.40 bits per heavy atom. The molecule has 20 heavy (non-hydrogen) atoms. The first-order chi connectivity index (χ1) is 9.39. The highest BCUT2D eigenvalue weighted by molar-refractivity contribution is 5.98. The summed E-state index contributed by atoms with van der Waals surface area (Å²) in [5, 5.41) is 32.0. The maximum Gasteiger partial charge on any atom is 0.282 e. The summed E-state index contributed by atoms with van der Waals surface area (Å²) in [6, 6.07) is 4.21. The third kappa shape index (κ3) is 3.31. The van der Waals surface area contributed by atoms with Gasteiger partial charge in [0.15, 0.2) is 0 Å². The number of aryl methyl sites for hydroxylation is 1. The summed E-state index contributed by atoms with van der Waals surface area (Å²) >= 11 is 0. The summed E-state index contributed by atoms with van der Waals surface area (Å²) in [7, 11) is 0. The monoisotopic (exact) mass is 282 g/mol. The van der Waals surface area contributed by atoms with Crippen molar-refractivity contribution in [2.75, 3.05) is 13.2 Å². The van der Waals surface area contributed by atoms with Crippen molar-refractivity contribution in [2.24, 2.45) is 0 Å². The van der Waals surface area contributed by atoms with Gasteiger partial charge in [0.05, 0.1) is 23.7 Å². The summed E-state index contributed by atoms with van der Waals surface area (Å²) in [6.07, 6.45) is 0.297. The molecule has 1 rings (SSSR count). The van der Waals surface area contributed by atoms with Crippen LogP contribution >= 0.6 is 0 Å². The summed E-state index contributed by atoms with van der Waals surface area (Å²) in [6.45, 7) is 2.50. The molecule has 0 unspecified atom stereocenters. The summed E-state index contributed by atoms with van der Waals surface area (Å²) < 4.78 is 0. The molecule has 0 heterocycles.